The Morgan fingerprint density at radius 1 is 1.22 bits per heavy atom. The van der Waals surface area contributed by atoms with Crippen molar-refractivity contribution in [1.29, 1.82) is 5.26 Å². The van der Waals surface area contributed by atoms with E-state index in [9.17, 15) is 0 Å². The summed E-state index contributed by atoms with van der Waals surface area (Å²) < 4.78 is 11.4. The standard InChI is InChI=1S/C9H10N6O2S/c1-16-4-7-6(3-10)11-14-15(7)9-13-12-8(18-9)5-17-2/h4-5H2,1-2H3. The maximum absolute atomic E-state index is 8.92. The molecule has 0 aliphatic rings. The molecule has 0 fully saturated rings. The molecule has 2 rings (SSSR count). The van der Waals surface area contributed by atoms with Crippen molar-refractivity contribution < 1.29 is 9.47 Å². The lowest BCUT2D eigenvalue weighted by atomic mass is 10.3. The molecule has 0 N–H and O–H groups in total. The summed E-state index contributed by atoms with van der Waals surface area (Å²) in [5.74, 6) is 0. The first kappa shape index (κ1) is 12.6. The van der Waals surface area contributed by atoms with Crippen LogP contribution in [0.3, 0.4) is 0 Å². The highest BCUT2D eigenvalue weighted by Gasteiger charge is 2.17. The molecular weight excluding hydrogens is 256 g/mol. The van der Waals surface area contributed by atoms with Gasteiger partial charge in [0.25, 0.3) is 0 Å². The molecule has 2 aromatic rings. The fourth-order valence-electron chi connectivity index (χ4n) is 1.32. The number of methoxy groups -OCH3 is 2. The van der Waals surface area contributed by atoms with Crippen molar-refractivity contribution in [2.75, 3.05) is 14.2 Å². The van der Waals surface area contributed by atoms with Gasteiger partial charge in [0.15, 0.2) is 5.69 Å². The monoisotopic (exact) mass is 266 g/mol. The average Bonchev–Trinajstić information content (AvgIpc) is 2.96. The van der Waals surface area contributed by atoms with E-state index in [2.05, 4.69) is 20.5 Å². The SMILES string of the molecule is COCc1nnc(-n2nnc(C#N)c2COC)s1. The molecule has 0 spiro atoms. The van der Waals surface area contributed by atoms with Crippen LogP contribution in [0.2, 0.25) is 0 Å². The first-order valence-electron chi connectivity index (χ1n) is 4.95. The summed E-state index contributed by atoms with van der Waals surface area (Å²) in [6.07, 6.45) is 0. The normalized spacial score (nSPS) is 10.5. The fourth-order valence-corrected chi connectivity index (χ4v) is 2.10. The summed E-state index contributed by atoms with van der Waals surface area (Å²) in [7, 11) is 3.12. The fraction of sp³-hybridized carbons (Fsp3) is 0.444. The van der Waals surface area contributed by atoms with Gasteiger partial charge >= 0.3 is 0 Å². The minimum absolute atomic E-state index is 0.223. The van der Waals surface area contributed by atoms with E-state index in [1.165, 1.54) is 23.1 Å². The summed E-state index contributed by atoms with van der Waals surface area (Å²) >= 11 is 1.32. The van der Waals surface area contributed by atoms with E-state index < -0.39 is 0 Å². The van der Waals surface area contributed by atoms with Crippen LogP contribution >= 0.6 is 11.3 Å². The zero-order valence-electron chi connectivity index (χ0n) is 9.82. The molecule has 0 radical (unpaired) electrons. The van der Waals surface area contributed by atoms with Gasteiger partial charge in [-0.2, -0.15) is 9.94 Å². The molecule has 0 atom stereocenters. The smallest absolute Gasteiger partial charge is 0.234 e. The van der Waals surface area contributed by atoms with Crippen LogP contribution < -0.4 is 0 Å². The summed E-state index contributed by atoms with van der Waals surface area (Å²) in [6.45, 7) is 0.617. The van der Waals surface area contributed by atoms with Crippen LogP contribution in [0.4, 0.5) is 0 Å². The maximum Gasteiger partial charge on any atom is 0.234 e. The third kappa shape index (κ3) is 2.35. The van der Waals surface area contributed by atoms with E-state index in [1.54, 1.807) is 7.11 Å². The molecule has 94 valence electrons. The van der Waals surface area contributed by atoms with Crippen molar-refractivity contribution in [3.8, 4) is 11.2 Å². The van der Waals surface area contributed by atoms with Gasteiger partial charge in [0.05, 0.1) is 6.61 Å². The summed E-state index contributed by atoms with van der Waals surface area (Å²) in [5, 5.41) is 25.8. The van der Waals surface area contributed by atoms with Crippen LogP contribution in [-0.2, 0) is 22.7 Å². The van der Waals surface area contributed by atoms with Crippen LogP contribution in [0, 0.1) is 11.3 Å². The van der Waals surface area contributed by atoms with Crippen LogP contribution in [0.15, 0.2) is 0 Å². The number of nitriles is 1. The molecule has 0 aliphatic heterocycles. The lowest BCUT2D eigenvalue weighted by Gasteiger charge is -2.00. The van der Waals surface area contributed by atoms with Crippen LogP contribution in [0.1, 0.15) is 16.4 Å². The number of aromatic nitrogens is 5. The highest BCUT2D eigenvalue weighted by Crippen LogP contribution is 2.18. The van der Waals surface area contributed by atoms with E-state index >= 15 is 0 Å². The zero-order valence-corrected chi connectivity index (χ0v) is 10.6. The number of rotatable bonds is 5. The van der Waals surface area contributed by atoms with Crippen LogP contribution in [0.5, 0.6) is 0 Å². The van der Waals surface area contributed by atoms with Crippen LogP contribution in [-0.4, -0.2) is 39.4 Å². The van der Waals surface area contributed by atoms with E-state index in [4.69, 9.17) is 14.7 Å². The first-order valence-corrected chi connectivity index (χ1v) is 5.77. The highest BCUT2D eigenvalue weighted by atomic mass is 32.1. The van der Waals surface area contributed by atoms with Gasteiger partial charge in [-0.15, -0.1) is 15.3 Å². The van der Waals surface area contributed by atoms with Gasteiger partial charge in [-0.3, -0.25) is 0 Å². The van der Waals surface area contributed by atoms with Crippen molar-refractivity contribution >= 4 is 11.3 Å². The second-order valence-corrected chi connectivity index (χ2v) is 4.29. The molecule has 0 saturated heterocycles. The molecule has 0 aromatic carbocycles. The molecule has 0 unspecified atom stereocenters. The van der Waals surface area contributed by atoms with Gasteiger partial charge < -0.3 is 9.47 Å². The van der Waals surface area contributed by atoms with E-state index in [-0.39, 0.29) is 12.3 Å². The van der Waals surface area contributed by atoms with Gasteiger partial charge in [0.2, 0.25) is 5.13 Å². The maximum atomic E-state index is 8.92. The Hall–Kier alpha value is -1.89. The molecule has 2 heterocycles. The number of hydrogen-bond acceptors (Lipinski definition) is 8. The van der Waals surface area contributed by atoms with E-state index in [1.807, 2.05) is 6.07 Å². The first-order chi connectivity index (χ1) is 8.80. The molecular formula is C9H10N6O2S. The van der Waals surface area contributed by atoms with Crippen LogP contribution in [0.25, 0.3) is 5.13 Å². The Morgan fingerprint density at radius 3 is 2.67 bits per heavy atom. The lowest BCUT2D eigenvalue weighted by Crippen LogP contribution is -2.04. The highest BCUT2D eigenvalue weighted by molar-refractivity contribution is 7.13. The predicted octanol–water partition coefficient (Wildman–Crippen LogP) is 0.283. The van der Waals surface area contributed by atoms with Gasteiger partial charge in [-0.25, -0.2) is 0 Å². The third-order valence-electron chi connectivity index (χ3n) is 2.06. The minimum atomic E-state index is 0.223. The number of nitrogens with zero attached hydrogens (tertiary/aromatic N) is 6. The second-order valence-electron chi connectivity index (χ2n) is 3.25. The lowest BCUT2D eigenvalue weighted by molar-refractivity contribution is 0.179. The molecule has 0 bridgehead atoms. The van der Waals surface area contributed by atoms with Gasteiger partial charge in [-0.1, -0.05) is 16.6 Å². The van der Waals surface area contributed by atoms with Gasteiger partial charge in [-0.05, 0) is 0 Å². The van der Waals surface area contributed by atoms with Gasteiger partial charge in [0, 0.05) is 14.2 Å². The van der Waals surface area contributed by atoms with Crippen molar-refractivity contribution in [2.24, 2.45) is 0 Å². The average molecular weight is 266 g/mol. The molecule has 2 aromatic heterocycles. The third-order valence-corrected chi connectivity index (χ3v) is 2.93. The molecule has 18 heavy (non-hydrogen) atoms. The molecule has 9 heteroatoms. The quantitative estimate of drug-likeness (QED) is 0.766. The summed E-state index contributed by atoms with van der Waals surface area (Å²) in [6, 6.07) is 1.96. The van der Waals surface area contributed by atoms with Crippen molar-refractivity contribution in [3.63, 3.8) is 0 Å². The predicted molar refractivity (Wildman–Crippen MR) is 61.0 cm³/mol. The summed E-state index contributed by atoms with van der Waals surface area (Å²) in [4.78, 5) is 0. The zero-order chi connectivity index (χ0) is 13.0. The molecule has 0 saturated carbocycles. The van der Waals surface area contributed by atoms with E-state index in [0.29, 0.717) is 17.4 Å². The molecule has 0 aliphatic carbocycles. The Morgan fingerprint density at radius 2 is 2.00 bits per heavy atom. The second kappa shape index (κ2) is 5.63. The molecule has 0 amide bonds. The number of ether oxygens (including phenoxy) is 2. The Balaban J connectivity index is 2.37. The van der Waals surface area contributed by atoms with Crippen molar-refractivity contribution in [3.05, 3.63) is 16.4 Å². The van der Waals surface area contributed by atoms with E-state index in [0.717, 1.165) is 5.01 Å². The van der Waals surface area contributed by atoms with Crippen molar-refractivity contribution in [1.82, 2.24) is 25.2 Å². The Labute approximate surface area is 107 Å². The van der Waals surface area contributed by atoms with Gasteiger partial charge in [0.1, 0.15) is 23.4 Å². The van der Waals surface area contributed by atoms with Crippen molar-refractivity contribution in [2.45, 2.75) is 13.2 Å². The topological polar surface area (TPSA) is 98.7 Å². The summed E-state index contributed by atoms with van der Waals surface area (Å²) in [5.41, 5.74) is 0.778. The largest absolute Gasteiger partial charge is 0.378 e. The Bertz CT molecular complexity index is 572. The molecule has 8 nitrogen and oxygen atoms in total. The Kier molecular flexibility index (Phi) is 3.93. The minimum Gasteiger partial charge on any atom is -0.378 e. The number of hydrogen-bond donors (Lipinski definition) is 0.